The number of aromatic nitrogens is 2. The van der Waals surface area contributed by atoms with E-state index in [9.17, 15) is 0 Å². The Morgan fingerprint density at radius 3 is 2.45 bits per heavy atom. The Morgan fingerprint density at radius 2 is 1.85 bits per heavy atom. The molecule has 1 aromatic heterocycles. The Morgan fingerprint density at radius 1 is 1.15 bits per heavy atom. The molecule has 20 heavy (non-hydrogen) atoms. The molecule has 0 bridgehead atoms. The summed E-state index contributed by atoms with van der Waals surface area (Å²) in [6, 6.07) is 10.4. The van der Waals surface area contributed by atoms with Crippen molar-refractivity contribution in [1.82, 2.24) is 9.97 Å². The van der Waals surface area contributed by atoms with Crippen LogP contribution in [0.25, 0.3) is 11.3 Å². The van der Waals surface area contributed by atoms with Crippen LogP contribution in [0.3, 0.4) is 0 Å². The minimum absolute atomic E-state index is 0.182. The summed E-state index contributed by atoms with van der Waals surface area (Å²) in [5, 5.41) is 3.38. The minimum Gasteiger partial charge on any atom is -0.370 e. The van der Waals surface area contributed by atoms with Gasteiger partial charge in [0.05, 0.1) is 5.69 Å². The Bertz CT molecular complexity index is 616. The van der Waals surface area contributed by atoms with E-state index in [0.717, 1.165) is 35.0 Å². The molecule has 1 aliphatic carbocycles. The highest BCUT2D eigenvalue weighted by Gasteiger charge is 2.42. The Labute approximate surface area is 120 Å². The molecular formula is C17H21N3. The van der Waals surface area contributed by atoms with Crippen LogP contribution >= 0.6 is 0 Å². The number of nitrogens with one attached hydrogen (secondary N) is 1. The van der Waals surface area contributed by atoms with Gasteiger partial charge in [-0.15, -0.1) is 0 Å². The first-order chi connectivity index (χ1) is 9.64. The van der Waals surface area contributed by atoms with Gasteiger partial charge in [-0.2, -0.15) is 0 Å². The fourth-order valence-electron chi connectivity index (χ4n) is 2.41. The molecule has 1 heterocycles. The molecular weight excluding hydrogens is 246 g/mol. The van der Waals surface area contributed by atoms with Crippen LogP contribution in [0.15, 0.2) is 30.3 Å². The topological polar surface area (TPSA) is 37.8 Å². The summed E-state index contributed by atoms with van der Waals surface area (Å²) in [4.78, 5) is 9.63. The first-order valence-electron chi connectivity index (χ1n) is 7.32. The lowest BCUT2D eigenvalue weighted by molar-refractivity contribution is 0.709. The van der Waals surface area contributed by atoms with Crippen LogP contribution in [0, 0.1) is 6.92 Å². The van der Waals surface area contributed by atoms with Gasteiger partial charge in [-0.1, -0.05) is 37.3 Å². The molecule has 0 spiro atoms. The van der Waals surface area contributed by atoms with E-state index in [1.54, 1.807) is 0 Å². The molecule has 0 aliphatic heterocycles. The van der Waals surface area contributed by atoms with Gasteiger partial charge in [0, 0.05) is 23.1 Å². The average Bonchev–Trinajstić information content (AvgIpc) is 3.21. The van der Waals surface area contributed by atoms with E-state index in [1.807, 2.05) is 6.07 Å². The molecule has 2 aromatic rings. The molecule has 1 saturated carbocycles. The Hall–Kier alpha value is -1.90. The van der Waals surface area contributed by atoms with Gasteiger partial charge in [0.1, 0.15) is 11.6 Å². The van der Waals surface area contributed by atoms with E-state index in [0.29, 0.717) is 0 Å². The van der Waals surface area contributed by atoms with E-state index in [4.69, 9.17) is 9.97 Å². The third-order valence-electron chi connectivity index (χ3n) is 4.08. The second-order valence-corrected chi connectivity index (χ2v) is 5.83. The van der Waals surface area contributed by atoms with Crippen molar-refractivity contribution in [3.63, 3.8) is 0 Å². The summed E-state index contributed by atoms with van der Waals surface area (Å²) < 4.78 is 0. The van der Waals surface area contributed by atoms with Crippen LogP contribution < -0.4 is 5.32 Å². The van der Waals surface area contributed by atoms with Crippen LogP contribution in [-0.2, 0) is 5.41 Å². The number of hydrogen-bond acceptors (Lipinski definition) is 3. The van der Waals surface area contributed by atoms with Gasteiger partial charge >= 0.3 is 0 Å². The van der Waals surface area contributed by atoms with Gasteiger partial charge in [0.25, 0.3) is 0 Å². The van der Waals surface area contributed by atoms with Gasteiger partial charge in [-0.25, -0.2) is 9.97 Å². The summed E-state index contributed by atoms with van der Waals surface area (Å²) in [7, 11) is 0. The van der Waals surface area contributed by atoms with Crippen molar-refractivity contribution in [2.75, 3.05) is 11.9 Å². The fourth-order valence-corrected chi connectivity index (χ4v) is 2.41. The van der Waals surface area contributed by atoms with Gasteiger partial charge in [-0.05, 0) is 26.7 Å². The fraction of sp³-hybridized carbons (Fsp3) is 0.412. The molecule has 0 radical (unpaired) electrons. The predicted molar refractivity (Wildman–Crippen MR) is 83.0 cm³/mol. The zero-order chi connectivity index (χ0) is 14.2. The molecule has 0 amide bonds. The van der Waals surface area contributed by atoms with Crippen LogP contribution in [0.2, 0.25) is 0 Å². The largest absolute Gasteiger partial charge is 0.370 e. The van der Waals surface area contributed by atoms with E-state index in [2.05, 4.69) is 50.4 Å². The number of rotatable bonds is 4. The van der Waals surface area contributed by atoms with Crippen molar-refractivity contribution >= 4 is 5.82 Å². The van der Waals surface area contributed by atoms with Gasteiger partial charge in [0.2, 0.25) is 0 Å². The van der Waals surface area contributed by atoms with Crippen molar-refractivity contribution < 1.29 is 0 Å². The van der Waals surface area contributed by atoms with Gasteiger partial charge < -0.3 is 5.32 Å². The molecule has 0 saturated heterocycles. The second-order valence-electron chi connectivity index (χ2n) is 5.83. The number of benzene rings is 1. The highest BCUT2D eigenvalue weighted by molar-refractivity contribution is 5.68. The first-order valence-corrected chi connectivity index (χ1v) is 7.32. The highest BCUT2D eigenvalue weighted by Crippen LogP contribution is 2.47. The van der Waals surface area contributed by atoms with Crippen molar-refractivity contribution in [3.8, 4) is 11.3 Å². The maximum atomic E-state index is 4.87. The number of hydrogen-bond donors (Lipinski definition) is 1. The lowest BCUT2D eigenvalue weighted by Gasteiger charge is -2.16. The summed E-state index contributed by atoms with van der Waals surface area (Å²) >= 11 is 0. The predicted octanol–water partition coefficient (Wildman–Crippen LogP) is 3.94. The van der Waals surface area contributed by atoms with Crippen LogP contribution in [-0.4, -0.2) is 16.5 Å². The monoisotopic (exact) mass is 267 g/mol. The normalized spacial score (nSPS) is 15.9. The highest BCUT2D eigenvalue weighted by atomic mass is 15.0. The maximum Gasteiger partial charge on any atom is 0.137 e. The standard InChI is InChI=1S/C17H21N3/c1-4-18-15-12(2)14(13-8-6-5-7-9-13)19-16(20-15)17(3)10-11-17/h5-9H,4,10-11H2,1-3H3,(H,18,19,20). The van der Waals surface area contributed by atoms with E-state index in [-0.39, 0.29) is 5.41 Å². The molecule has 1 fully saturated rings. The SMILES string of the molecule is CCNc1nc(C2(C)CC2)nc(-c2ccccc2)c1C. The molecule has 3 nitrogen and oxygen atoms in total. The van der Waals surface area contributed by atoms with Crippen LogP contribution in [0.4, 0.5) is 5.82 Å². The number of nitrogens with zero attached hydrogens (tertiary/aromatic N) is 2. The van der Waals surface area contributed by atoms with Crippen molar-refractivity contribution in [2.24, 2.45) is 0 Å². The maximum absolute atomic E-state index is 4.87. The van der Waals surface area contributed by atoms with Gasteiger partial charge in [-0.3, -0.25) is 0 Å². The summed E-state index contributed by atoms with van der Waals surface area (Å²) in [5.74, 6) is 1.96. The summed E-state index contributed by atoms with van der Waals surface area (Å²) in [6.45, 7) is 7.33. The molecule has 1 aliphatic rings. The molecule has 3 heteroatoms. The first kappa shape index (κ1) is 13.1. The molecule has 1 aromatic carbocycles. The second kappa shape index (κ2) is 4.89. The molecule has 1 N–H and O–H groups in total. The minimum atomic E-state index is 0.182. The zero-order valence-corrected chi connectivity index (χ0v) is 12.4. The van der Waals surface area contributed by atoms with E-state index in [1.165, 1.54) is 12.8 Å². The third kappa shape index (κ3) is 2.28. The van der Waals surface area contributed by atoms with E-state index < -0.39 is 0 Å². The van der Waals surface area contributed by atoms with Crippen LogP contribution in [0.5, 0.6) is 0 Å². The molecule has 0 atom stereocenters. The van der Waals surface area contributed by atoms with Crippen molar-refractivity contribution in [2.45, 2.75) is 39.0 Å². The Kier molecular flexibility index (Phi) is 3.20. The smallest absolute Gasteiger partial charge is 0.137 e. The quantitative estimate of drug-likeness (QED) is 0.912. The summed E-state index contributed by atoms with van der Waals surface area (Å²) in [6.07, 6.45) is 2.38. The average molecular weight is 267 g/mol. The molecule has 0 unspecified atom stereocenters. The molecule has 104 valence electrons. The lowest BCUT2D eigenvalue weighted by atomic mass is 10.0. The van der Waals surface area contributed by atoms with Crippen LogP contribution in [0.1, 0.15) is 38.1 Å². The van der Waals surface area contributed by atoms with Gasteiger partial charge in [0.15, 0.2) is 0 Å². The summed E-state index contributed by atoms with van der Waals surface area (Å²) in [5.41, 5.74) is 3.53. The van der Waals surface area contributed by atoms with E-state index >= 15 is 0 Å². The van der Waals surface area contributed by atoms with Crippen molar-refractivity contribution in [3.05, 3.63) is 41.7 Å². The Balaban J connectivity index is 2.15. The third-order valence-corrected chi connectivity index (χ3v) is 4.08. The number of anilines is 1. The zero-order valence-electron chi connectivity index (χ0n) is 12.4. The van der Waals surface area contributed by atoms with Crippen molar-refractivity contribution in [1.29, 1.82) is 0 Å². The molecule has 3 rings (SSSR count). The lowest BCUT2D eigenvalue weighted by Crippen LogP contribution is -2.13.